The monoisotopic (exact) mass is 468 g/mol. The Morgan fingerprint density at radius 2 is 1.68 bits per heavy atom. The van der Waals surface area contributed by atoms with E-state index in [1.807, 2.05) is 6.07 Å². The average molecular weight is 468 g/mol. The number of rotatable bonds is 5. The molecule has 2 aromatic carbocycles. The molecule has 176 valence electrons. The number of halogens is 3. The first-order valence-electron chi connectivity index (χ1n) is 10.6. The molecule has 34 heavy (non-hydrogen) atoms. The van der Waals surface area contributed by atoms with Gasteiger partial charge in [-0.05, 0) is 63.6 Å². The van der Waals surface area contributed by atoms with E-state index in [2.05, 4.69) is 0 Å². The highest BCUT2D eigenvalue weighted by molar-refractivity contribution is 6.03. The smallest absolute Gasteiger partial charge is 0.416 e. The van der Waals surface area contributed by atoms with Crippen LogP contribution in [0.2, 0.25) is 0 Å². The zero-order valence-corrected chi connectivity index (χ0v) is 19.2. The van der Waals surface area contributed by atoms with E-state index in [9.17, 15) is 22.8 Å². The predicted octanol–water partition coefficient (Wildman–Crippen LogP) is 5.88. The summed E-state index contributed by atoms with van der Waals surface area (Å²) in [6.45, 7) is 6.33. The predicted molar refractivity (Wildman–Crippen MR) is 121 cm³/mol. The number of ether oxygens (including phenoxy) is 1. The quantitative estimate of drug-likeness (QED) is 0.513. The molecule has 0 aromatic heterocycles. The van der Waals surface area contributed by atoms with Crippen LogP contribution < -0.4 is 4.90 Å². The second-order valence-corrected chi connectivity index (χ2v) is 7.83. The van der Waals surface area contributed by atoms with Crippen LogP contribution in [-0.2, 0) is 20.5 Å². The van der Waals surface area contributed by atoms with Gasteiger partial charge in [0, 0.05) is 28.6 Å². The molecule has 8 heteroatoms. The van der Waals surface area contributed by atoms with Gasteiger partial charge in [-0.1, -0.05) is 18.2 Å². The second-order valence-electron chi connectivity index (χ2n) is 7.83. The normalized spacial score (nSPS) is 16.4. The number of esters is 1. The van der Waals surface area contributed by atoms with Gasteiger partial charge in [-0.25, -0.2) is 4.79 Å². The number of nitrogens with zero attached hydrogens (tertiary/aromatic N) is 2. The lowest BCUT2D eigenvalue weighted by molar-refractivity contribution is -0.139. The highest BCUT2D eigenvalue weighted by Gasteiger charge is 2.39. The van der Waals surface area contributed by atoms with Gasteiger partial charge in [-0.15, -0.1) is 0 Å². The number of benzene rings is 2. The summed E-state index contributed by atoms with van der Waals surface area (Å²) in [6.07, 6.45) is -4.56. The van der Waals surface area contributed by atoms with Gasteiger partial charge in [0.2, 0.25) is 0 Å². The highest BCUT2D eigenvalue weighted by atomic mass is 19.4. The van der Waals surface area contributed by atoms with Crippen LogP contribution >= 0.6 is 0 Å². The topological polar surface area (TPSA) is 70.4 Å². The molecule has 0 aliphatic carbocycles. The Kier molecular flexibility index (Phi) is 6.96. The Hall–Kier alpha value is -3.86. The minimum absolute atomic E-state index is 0.0807. The number of carbonyl (C=O) groups is 2. The van der Waals surface area contributed by atoms with Crippen molar-refractivity contribution in [2.24, 2.45) is 0 Å². The van der Waals surface area contributed by atoms with Crippen molar-refractivity contribution in [3.63, 3.8) is 0 Å². The summed E-state index contributed by atoms with van der Waals surface area (Å²) in [6, 6.07) is 13.2. The van der Waals surface area contributed by atoms with Crippen molar-refractivity contribution in [1.82, 2.24) is 0 Å². The maximum Gasteiger partial charge on any atom is 0.416 e. The molecule has 0 bridgehead atoms. The van der Waals surface area contributed by atoms with Crippen LogP contribution in [-0.4, -0.2) is 18.4 Å². The number of Topliss-reactive ketones (excluding diaryl/α,β-unsaturated/α-hetero) is 1. The maximum atomic E-state index is 13.4. The lowest BCUT2D eigenvalue weighted by Crippen LogP contribution is -2.34. The molecule has 1 aliphatic rings. The van der Waals surface area contributed by atoms with E-state index >= 15 is 0 Å². The minimum Gasteiger partial charge on any atom is -0.463 e. The van der Waals surface area contributed by atoms with E-state index in [0.29, 0.717) is 22.5 Å². The fraction of sp³-hybridized carbons (Fsp3) is 0.269. The Labute approximate surface area is 195 Å². The van der Waals surface area contributed by atoms with Gasteiger partial charge < -0.3 is 9.64 Å². The van der Waals surface area contributed by atoms with Gasteiger partial charge in [0.1, 0.15) is 0 Å². The number of hydrogen-bond acceptors (Lipinski definition) is 5. The number of hydrogen-bond donors (Lipinski definition) is 0. The van der Waals surface area contributed by atoms with Crippen LogP contribution in [0.3, 0.4) is 0 Å². The summed E-state index contributed by atoms with van der Waals surface area (Å²) in [7, 11) is 0. The molecular formula is C26H23F3N2O3. The lowest BCUT2D eigenvalue weighted by atomic mass is 9.78. The summed E-state index contributed by atoms with van der Waals surface area (Å²) in [4.78, 5) is 27.5. The number of nitriles is 1. The fourth-order valence-electron chi connectivity index (χ4n) is 4.28. The number of allylic oxidation sites excluding steroid dienone is 3. The Morgan fingerprint density at radius 3 is 2.21 bits per heavy atom. The molecule has 3 rings (SSSR count). The molecule has 0 fully saturated rings. The average Bonchev–Trinajstić information content (AvgIpc) is 2.78. The molecule has 0 spiro atoms. The first kappa shape index (κ1) is 24.8. The highest BCUT2D eigenvalue weighted by Crippen LogP contribution is 2.45. The molecule has 0 saturated heterocycles. The molecule has 1 unspecified atom stereocenters. The van der Waals surface area contributed by atoms with Crippen molar-refractivity contribution < 1.29 is 27.5 Å². The summed E-state index contributed by atoms with van der Waals surface area (Å²) in [5.74, 6) is -1.80. The Morgan fingerprint density at radius 1 is 1.06 bits per heavy atom. The molecule has 1 heterocycles. The number of ketones is 1. The Bertz CT molecular complexity index is 1240. The molecule has 0 saturated carbocycles. The Balaban J connectivity index is 2.31. The van der Waals surface area contributed by atoms with Gasteiger partial charge in [0.15, 0.2) is 5.78 Å². The summed E-state index contributed by atoms with van der Waals surface area (Å²) in [5, 5.41) is 9.13. The van der Waals surface area contributed by atoms with Crippen LogP contribution in [0.5, 0.6) is 0 Å². The van der Waals surface area contributed by atoms with Crippen molar-refractivity contribution in [3.05, 3.63) is 87.8 Å². The van der Waals surface area contributed by atoms with E-state index in [4.69, 9.17) is 10.00 Å². The molecule has 1 atom stereocenters. The van der Waals surface area contributed by atoms with Gasteiger partial charge in [-0.2, -0.15) is 18.4 Å². The van der Waals surface area contributed by atoms with Crippen molar-refractivity contribution in [1.29, 1.82) is 5.26 Å². The van der Waals surface area contributed by atoms with Crippen LogP contribution in [0.25, 0.3) is 0 Å². The molecule has 0 radical (unpaired) electrons. The molecule has 0 amide bonds. The summed E-state index contributed by atoms with van der Waals surface area (Å²) < 4.78 is 45.5. The molecule has 1 aliphatic heterocycles. The van der Waals surface area contributed by atoms with Crippen molar-refractivity contribution in [3.8, 4) is 6.07 Å². The third kappa shape index (κ3) is 4.60. The standard InChI is InChI=1S/C26H23F3N2O3/c1-5-34-25(33)23-16(3)31(21-8-6-7-20(13-21)26(27,28)29)15(2)22(17(4)32)24(23)19-11-9-18(14-30)10-12-19/h6-13,24H,5H2,1-4H3. The zero-order valence-electron chi connectivity index (χ0n) is 19.2. The number of alkyl halides is 3. The van der Waals surface area contributed by atoms with Gasteiger partial charge in [0.25, 0.3) is 0 Å². The first-order valence-corrected chi connectivity index (χ1v) is 10.6. The molecule has 0 N–H and O–H groups in total. The van der Waals surface area contributed by atoms with Crippen LogP contribution in [0.1, 0.15) is 50.3 Å². The van der Waals surface area contributed by atoms with Gasteiger partial charge in [0.05, 0.1) is 29.4 Å². The molecular weight excluding hydrogens is 445 g/mol. The van der Waals surface area contributed by atoms with Crippen molar-refractivity contribution in [2.45, 2.75) is 39.8 Å². The van der Waals surface area contributed by atoms with E-state index in [0.717, 1.165) is 12.1 Å². The van der Waals surface area contributed by atoms with E-state index < -0.39 is 23.6 Å². The first-order chi connectivity index (χ1) is 16.0. The maximum absolute atomic E-state index is 13.4. The largest absolute Gasteiger partial charge is 0.463 e. The molecule has 2 aromatic rings. The summed E-state index contributed by atoms with van der Waals surface area (Å²) >= 11 is 0. The van der Waals surface area contributed by atoms with E-state index in [-0.39, 0.29) is 29.2 Å². The van der Waals surface area contributed by atoms with E-state index in [1.165, 1.54) is 24.0 Å². The molecule has 5 nitrogen and oxygen atoms in total. The minimum atomic E-state index is -4.56. The second kappa shape index (κ2) is 9.56. The number of carbonyl (C=O) groups excluding carboxylic acids is 2. The van der Waals surface area contributed by atoms with Gasteiger partial charge >= 0.3 is 12.1 Å². The van der Waals surface area contributed by atoms with Crippen LogP contribution in [0.4, 0.5) is 18.9 Å². The SMILES string of the molecule is CCOC(=O)C1=C(C)N(c2cccc(C(F)(F)F)c2)C(C)=C(C(C)=O)C1c1ccc(C#N)cc1. The third-order valence-electron chi connectivity index (χ3n) is 5.71. The summed E-state index contributed by atoms with van der Waals surface area (Å²) in [5.41, 5.74) is 1.51. The van der Waals surface area contributed by atoms with Crippen LogP contribution in [0, 0.1) is 11.3 Å². The fourth-order valence-corrected chi connectivity index (χ4v) is 4.28. The van der Waals surface area contributed by atoms with Crippen molar-refractivity contribution >= 4 is 17.4 Å². The van der Waals surface area contributed by atoms with E-state index in [1.54, 1.807) is 45.0 Å². The van der Waals surface area contributed by atoms with Crippen molar-refractivity contribution in [2.75, 3.05) is 11.5 Å². The van der Waals surface area contributed by atoms with Crippen LogP contribution in [0.15, 0.2) is 71.1 Å². The lowest BCUT2D eigenvalue weighted by Gasteiger charge is -2.38. The zero-order chi connectivity index (χ0) is 25.2. The third-order valence-corrected chi connectivity index (χ3v) is 5.71. The van der Waals surface area contributed by atoms with Gasteiger partial charge in [-0.3, -0.25) is 4.79 Å². The number of anilines is 1.